The third-order valence-electron chi connectivity index (χ3n) is 9.99. The van der Waals surface area contributed by atoms with Crippen LogP contribution in [-0.2, 0) is 47.0 Å². The number of rotatable bonds is 5. The Bertz CT molecular complexity index is 1730. The molecule has 6 rings (SSSR count). The summed E-state index contributed by atoms with van der Waals surface area (Å²) in [6.07, 6.45) is 5.65. The molecular weight excluding hydrogens is 746 g/mol. The van der Waals surface area contributed by atoms with E-state index < -0.39 is 80.4 Å². The molecule has 2 saturated carbocycles. The lowest BCUT2D eigenvalue weighted by atomic mass is 10.0. The van der Waals surface area contributed by atoms with E-state index in [1.165, 1.54) is 4.90 Å². The Morgan fingerprint density at radius 3 is 2.53 bits per heavy atom. The minimum absolute atomic E-state index is 0.0640. The van der Waals surface area contributed by atoms with Crippen LogP contribution < -0.4 is 15.4 Å². The van der Waals surface area contributed by atoms with Gasteiger partial charge in [0.25, 0.3) is 5.91 Å². The first-order valence-electron chi connectivity index (χ1n) is 17.6. The van der Waals surface area contributed by atoms with Crippen molar-refractivity contribution in [1.82, 2.24) is 25.2 Å². The second-order valence-corrected chi connectivity index (χ2v) is 18.0. The standard InChI is InChI=1S/C35H46BrN5O9S/c1-34(2,3)50-32(45)37-27-13-8-6-4-5-7-11-22-17-35(22,31(44)39-51(47,48)24-14-15-24)38-29(42)28-16-23(19-41(28)30(27)43)49-33(46)40-18-21-10-9-12-26(36)25(21)20-40/h7,9-12,22-24,27-28H,4-6,8,13-20H2,1-3H3,(H,37,45)(H,38,42)(H,39,44)/b11-7-/t22-,23+,27-,28-,35+/m0/s1. The number of carbonyl (C=O) groups excluding carboxylic acids is 5. The predicted octanol–water partition coefficient (Wildman–Crippen LogP) is 3.77. The number of nitrogens with zero attached hydrogens (tertiary/aromatic N) is 2. The van der Waals surface area contributed by atoms with Crippen molar-refractivity contribution in [2.75, 3.05) is 6.54 Å². The average Bonchev–Trinajstić information content (AvgIpc) is 3.93. The van der Waals surface area contributed by atoms with Crippen molar-refractivity contribution >= 4 is 55.9 Å². The van der Waals surface area contributed by atoms with Crippen molar-refractivity contribution in [3.05, 3.63) is 46.0 Å². The summed E-state index contributed by atoms with van der Waals surface area (Å²) in [6.45, 7) is 5.67. The van der Waals surface area contributed by atoms with Crippen molar-refractivity contribution in [2.45, 2.75) is 126 Å². The molecule has 5 amide bonds. The van der Waals surface area contributed by atoms with Crippen LogP contribution in [0.25, 0.3) is 0 Å². The average molecular weight is 793 g/mol. The van der Waals surface area contributed by atoms with Crippen molar-refractivity contribution in [2.24, 2.45) is 5.92 Å². The lowest BCUT2D eigenvalue weighted by molar-refractivity contribution is -0.141. The molecule has 0 aromatic heterocycles. The summed E-state index contributed by atoms with van der Waals surface area (Å²) < 4.78 is 39.9. The van der Waals surface area contributed by atoms with Gasteiger partial charge in [0.15, 0.2) is 0 Å². The molecule has 1 aromatic carbocycles. The number of amides is 5. The van der Waals surface area contributed by atoms with Gasteiger partial charge in [-0.2, -0.15) is 0 Å². The molecule has 0 bridgehead atoms. The molecule has 16 heteroatoms. The maximum absolute atomic E-state index is 14.3. The molecule has 51 heavy (non-hydrogen) atoms. The number of fused-ring (bicyclic) bond motifs is 3. The van der Waals surface area contributed by atoms with E-state index in [0.717, 1.165) is 28.4 Å². The van der Waals surface area contributed by atoms with Gasteiger partial charge >= 0.3 is 12.2 Å². The van der Waals surface area contributed by atoms with Gasteiger partial charge in [-0.15, -0.1) is 0 Å². The SMILES string of the molecule is CC(C)(C)OC(=O)N[C@H]1CCCCC/C=C\[C@H]2C[C@@]2(C(=O)NS(=O)(=O)C2CC2)NC(=O)[C@@H]2C[C@@H](OC(=O)N3Cc4cccc(Br)c4C3)CN2C1=O. The van der Waals surface area contributed by atoms with Crippen LogP contribution in [-0.4, -0.2) is 89.2 Å². The van der Waals surface area contributed by atoms with Crippen molar-refractivity contribution in [3.8, 4) is 0 Å². The first-order chi connectivity index (χ1) is 24.1. The van der Waals surface area contributed by atoms with Gasteiger partial charge < -0.3 is 25.0 Å². The van der Waals surface area contributed by atoms with Gasteiger partial charge in [0.1, 0.15) is 29.3 Å². The predicted molar refractivity (Wildman–Crippen MR) is 188 cm³/mol. The molecule has 14 nitrogen and oxygen atoms in total. The van der Waals surface area contributed by atoms with E-state index in [-0.39, 0.29) is 25.8 Å². The number of halogens is 1. The first-order valence-corrected chi connectivity index (χ1v) is 20.0. The monoisotopic (exact) mass is 791 g/mol. The van der Waals surface area contributed by atoms with E-state index in [0.29, 0.717) is 38.8 Å². The molecule has 0 spiro atoms. The van der Waals surface area contributed by atoms with Crippen LogP contribution in [0.4, 0.5) is 9.59 Å². The van der Waals surface area contributed by atoms with Crippen LogP contribution in [0.3, 0.4) is 0 Å². The van der Waals surface area contributed by atoms with Crippen molar-refractivity contribution in [3.63, 3.8) is 0 Å². The Hall–Kier alpha value is -3.66. The molecule has 1 aromatic rings. The van der Waals surface area contributed by atoms with Gasteiger partial charge in [-0.05, 0) is 76.5 Å². The van der Waals surface area contributed by atoms with Crippen LogP contribution >= 0.6 is 15.9 Å². The summed E-state index contributed by atoms with van der Waals surface area (Å²) in [5.41, 5.74) is -0.393. The van der Waals surface area contributed by atoms with Crippen LogP contribution in [0.15, 0.2) is 34.8 Å². The van der Waals surface area contributed by atoms with E-state index in [1.54, 1.807) is 25.7 Å². The summed E-state index contributed by atoms with van der Waals surface area (Å²) in [4.78, 5) is 71.3. The molecule has 3 aliphatic heterocycles. The molecule has 3 fully saturated rings. The van der Waals surface area contributed by atoms with Crippen molar-refractivity contribution in [1.29, 1.82) is 0 Å². The molecule has 2 aliphatic carbocycles. The van der Waals surface area contributed by atoms with E-state index in [9.17, 15) is 32.4 Å². The van der Waals surface area contributed by atoms with Crippen LogP contribution in [0, 0.1) is 5.92 Å². The third kappa shape index (κ3) is 8.53. The quantitative estimate of drug-likeness (QED) is 0.375. The number of sulfonamides is 1. The number of alkyl carbamates (subject to hydrolysis) is 1. The Morgan fingerprint density at radius 1 is 1.06 bits per heavy atom. The Kier molecular flexibility index (Phi) is 10.5. The highest BCUT2D eigenvalue weighted by atomic mass is 79.9. The van der Waals surface area contributed by atoms with Crippen LogP contribution in [0.1, 0.15) is 89.7 Å². The highest BCUT2D eigenvalue weighted by Gasteiger charge is 2.62. The molecular formula is C35H46BrN5O9S. The molecule has 3 heterocycles. The maximum atomic E-state index is 14.3. The number of benzene rings is 1. The topological polar surface area (TPSA) is 181 Å². The zero-order chi connectivity index (χ0) is 36.7. The highest BCUT2D eigenvalue weighted by Crippen LogP contribution is 2.46. The number of allylic oxidation sites excluding steroid dienone is 1. The summed E-state index contributed by atoms with van der Waals surface area (Å²) >= 11 is 3.53. The second kappa shape index (κ2) is 14.4. The number of hydrogen-bond acceptors (Lipinski definition) is 9. The lowest BCUT2D eigenvalue weighted by Gasteiger charge is -2.30. The Morgan fingerprint density at radius 2 is 1.82 bits per heavy atom. The fraction of sp³-hybridized carbons (Fsp3) is 0.629. The minimum Gasteiger partial charge on any atom is -0.444 e. The fourth-order valence-electron chi connectivity index (χ4n) is 7.02. The lowest BCUT2D eigenvalue weighted by Crippen LogP contribution is -2.58. The Labute approximate surface area is 306 Å². The molecule has 5 atom stereocenters. The van der Waals surface area contributed by atoms with Gasteiger partial charge in [0.2, 0.25) is 21.8 Å². The summed E-state index contributed by atoms with van der Waals surface area (Å²) in [7, 11) is -3.90. The number of nitrogens with one attached hydrogen (secondary N) is 3. The van der Waals surface area contributed by atoms with Gasteiger partial charge in [0, 0.05) is 23.4 Å². The molecule has 0 unspecified atom stereocenters. The largest absolute Gasteiger partial charge is 0.444 e. The summed E-state index contributed by atoms with van der Waals surface area (Å²) in [5.74, 6) is -2.49. The highest BCUT2D eigenvalue weighted by molar-refractivity contribution is 9.10. The van der Waals surface area contributed by atoms with Crippen LogP contribution in [0.5, 0.6) is 0 Å². The fourth-order valence-corrected chi connectivity index (χ4v) is 8.92. The van der Waals surface area contributed by atoms with Gasteiger partial charge in [-0.1, -0.05) is 53.1 Å². The smallest absolute Gasteiger partial charge is 0.410 e. The summed E-state index contributed by atoms with van der Waals surface area (Å²) in [6, 6.07) is 3.51. The van der Waals surface area contributed by atoms with E-state index in [2.05, 4.69) is 31.3 Å². The first kappa shape index (κ1) is 37.1. The zero-order valence-corrected chi connectivity index (χ0v) is 31.5. The Balaban J connectivity index is 1.25. The van der Waals surface area contributed by atoms with Gasteiger partial charge in [0.05, 0.1) is 18.3 Å². The molecule has 5 aliphatic rings. The number of ether oxygens (including phenoxy) is 2. The maximum Gasteiger partial charge on any atom is 0.410 e. The van der Waals surface area contributed by atoms with Gasteiger partial charge in [-0.3, -0.25) is 24.0 Å². The molecule has 3 N–H and O–H groups in total. The molecule has 278 valence electrons. The van der Waals surface area contributed by atoms with E-state index >= 15 is 0 Å². The van der Waals surface area contributed by atoms with Gasteiger partial charge in [-0.25, -0.2) is 18.0 Å². The second-order valence-electron chi connectivity index (χ2n) is 15.2. The third-order valence-corrected chi connectivity index (χ3v) is 12.5. The number of hydrogen-bond donors (Lipinski definition) is 3. The van der Waals surface area contributed by atoms with E-state index in [4.69, 9.17) is 9.47 Å². The van der Waals surface area contributed by atoms with Crippen LogP contribution in [0.2, 0.25) is 0 Å². The summed E-state index contributed by atoms with van der Waals surface area (Å²) in [5, 5.41) is 4.87. The molecule has 1 saturated heterocycles. The minimum atomic E-state index is -3.90. The zero-order valence-electron chi connectivity index (χ0n) is 29.1. The number of carbonyl (C=O) groups is 5. The van der Waals surface area contributed by atoms with E-state index in [1.807, 2.05) is 30.4 Å². The van der Waals surface area contributed by atoms with Crippen molar-refractivity contribution < 1.29 is 41.9 Å². The normalized spacial score (nSPS) is 28.9. The molecule has 0 radical (unpaired) electrons.